The molecule has 5 heteroatoms. The number of ketones is 1. The summed E-state index contributed by atoms with van der Waals surface area (Å²) in [5.41, 5.74) is 5.57. The van der Waals surface area contributed by atoms with Crippen LogP contribution in [0.4, 0.5) is 11.5 Å². The Kier molecular flexibility index (Phi) is 8.03. The molecule has 0 spiro atoms. The molecule has 0 fully saturated rings. The van der Waals surface area contributed by atoms with Gasteiger partial charge < -0.3 is 15.5 Å². The predicted molar refractivity (Wildman–Crippen MR) is 139 cm³/mol. The van der Waals surface area contributed by atoms with Crippen LogP contribution in [0.5, 0.6) is 0 Å². The van der Waals surface area contributed by atoms with Crippen molar-refractivity contribution in [2.45, 2.75) is 25.9 Å². The molecule has 4 aromatic rings. The maximum Gasteiger partial charge on any atom is 0.163 e. The van der Waals surface area contributed by atoms with Gasteiger partial charge in [-0.15, -0.1) is 0 Å². The fourth-order valence-corrected chi connectivity index (χ4v) is 4.18. The summed E-state index contributed by atoms with van der Waals surface area (Å²) < 4.78 is 0. The number of aliphatic hydroxyl groups is 2. The number of Topliss-reactive ketones (excluding diaryl/α,β-unsaturated/α-hetero) is 1. The second-order valence-corrected chi connectivity index (χ2v) is 8.85. The average Bonchev–Trinajstić information content (AvgIpc) is 2.87. The molecule has 0 saturated carbocycles. The number of nitrogens with one attached hydrogen (secondary N) is 1. The van der Waals surface area contributed by atoms with E-state index < -0.39 is 12.0 Å². The molecule has 3 aromatic carbocycles. The minimum Gasteiger partial charge on any atom is -0.396 e. The minimum absolute atomic E-state index is 0.0419. The number of hydrogen-bond donors (Lipinski definition) is 3. The van der Waals surface area contributed by atoms with E-state index >= 15 is 0 Å². The summed E-state index contributed by atoms with van der Waals surface area (Å²) in [4.78, 5) is 17.4. The van der Waals surface area contributed by atoms with Crippen molar-refractivity contribution >= 4 is 17.3 Å². The molecule has 0 aliphatic heterocycles. The van der Waals surface area contributed by atoms with Crippen LogP contribution in [0, 0.1) is 12.8 Å². The molecule has 0 aliphatic rings. The van der Waals surface area contributed by atoms with Crippen molar-refractivity contribution in [2.75, 3.05) is 11.9 Å². The lowest BCUT2D eigenvalue weighted by atomic mass is 9.90. The van der Waals surface area contributed by atoms with Crippen molar-refractivity contribution in [2.24, 2.45) is 5.92 Å². The molecule has 178 valence electrons. The first-order valence-electron chi connectivity index (χ1n) is 11.8. The molecular weight excluding hydrogens is 436 g/mol. The summed E-state index contributed by atoms with van der Waals surface area (Å²) >= 11 is 0. The van der Waals surface area contributed by atoms with Crippen molar-refractivity contribution in [1.82, 2.24) is 4.98 Å². The lowest BCUT2D eigenvalue weighted by molar-refractivity contribution is 0.0552. The van der Waals surface area contributed by atoms with Crippen LogP contribution in [0.25, 0.3) is 0 Å². The summed E-state index contributed by atoms with van der Waals surface area (Å²) in [6, 6.07) is 28.8. The lowest BCUT2D eigenvalue weighted by Gasteiger charge is -2.21. The number of hydrogen-bond acceptors (Lipinski definition) is 5. The number of aliphatic hydroxyl groups excluding tert-OH is 2. The van der Waals surface area contributed by atoms with Crippen molar-refractivity contribution in [3.05, 3.63) is 125 Å². The number of aryl methyl sites for hydroxylation is 1. The largest absolute Gasteiger partial charge is 0.396 e. The number of benzene rings is 3. The highest BCUT2D eigenvalue weighted by Gasteiger charge is 2.23. The van der Waals surface area contributed by atoms with E-state index in [4.69, 9.17) is 0 Å². The van der Waals surface area contributed by atoms with Gasteiger partial charge in [0.15, 0.2) is 5.78 Å². The van der Waals surface area contributed by atoms with E-state index in [-0.39, 0.29) is 18.8 Å². The first-order valence-corrected chi connectivity index (χ1v) is 11.8. The Hall–Kier alpha value is -3.80. The van der Waals surface area contributed by atoms with Crippen molar-refractivity contribution in [3.63, 3.8) is 0 Å². The van der Waals surface area contributed by atoms with E-state index in [2.05, 4.69) is 41.5 Å². The summed E-state index contributed by atoms with van der Waals surface area (Å²) in [7, 11) is 0. The third-order valence-electron chi connectivity index (χ3n) is 6.04. The van der Waals surface area contributed by atoms with Crippen LogP contribution in [0.15, 0.2) is 97.2 Å². The zero-order chi connectivity index (χ0) is 24.6. The van der Waals surface area contributed by atoms with Gasteiger partial charge in [-0.05, 0) is 54.3 Å². The number of aromatic nitrogens is 1. The van der Waals surface area contributed by atoms with Gasteiger partial charge in [0.2, 0.25) is 0 Å². The highest BCUT2D eigenvalue weighted by molar-refractivity contribution is 5.97. The van der Waals surface area contributed by atoms with Gasteiger partial charge in [-0.2, -0.15) is 0 Å². The maximum absolute atomic E-state index is 13.0. The summed E-state index contributed by atoms with van der Waals surface area (Å²) in [5.74, 6) is -0.0159. The van der Waals surface area contributed by atoms with Gasteiger partial charge in [-0.1, -0.05) is 72.3 Å². The van der Waals surface area contributed by atoms with Crippen LogP contribution in [-0.2, 0) is 6.42 Å². The third kappa shape index (κ3) is 6.63. The summed E-state index contributed by atoms with van der Waals surface area (Å²) in [5, 5.41) is 23.7. The van der Waals surface area contributed by atoms with E-state index in [0.717, 1.165) is 17.7 Å². The van der Waals surface area contributed by atoms with Crippen molar-refractivity contribution in [1.29, 1.82) is 0 Å². The Labute approximate surface area is 206 Å². The zero-order valence-corrected chi connectivity index (χ0v) is 19.8. The number of anilines is 2. The summed E-state index contributed by atoms with van der Waals surface area (Å²) in [6.07, 6.45) is 1.72. The molecule has 0 aliphatic carbocycles. The lowest BCUT2D eigenvalue weighted by Crippen LogP contribution is -2.20. The van der Waals surface area contributed by atoms with Gasteiger partial charge >= 0.3 is 0 Å². The first kappa shape index (κ1) is 24.3. The number of pyridine rings is 1. The monoisotopic (exact) mass is 466 g/mol. The topological polar surface area (TPSA) is 82.5 Å². The maximum atomic E-state index is 13.0. The highest BCUT2D eigenvalue weighted by Crippen LogP contribution is 2.27. The van der Waals surface area contributed by atoms with Crippen LogP contribution < -0.4 is 5.32 Å². The molecule has 0 amide bonds. The van der Waals surface area contributed by atoms with E-state index in [1.165, 1.54) is 11.1 Å². The van der Waals surface area contributed by atoms with Gasteiger partial charge in [0.25, 0.3) is 0 Å². The third-order valence-corrected chi connectivity index (χ3v) is 6.04. The van der Waals surface area contributed by atoms with E-state index in [1.54, 1.807) is 30.5 Å². The van der Waals surface area contributed by atoms with Gasteiger partial charge in [0, 0.05) is 36.4 Å². The normalized spacial score (nSPS) is 12.7. The number of nitrogens with zero attached hydrogens (tertiary/aromatic N) is 1. The molecule has 3 N–H and O–H groups in total. The standard InChI is InChI=1S/C30H30N2O3/c1-21-7-5-8-22(15-21)16-23-13-14-31-29(17-23)32-27-12-6-11-25(18-27)28(34)19-26(20-33)30(35)24-9-3-2-4-10-24/h2-15,17-18,26,30,33,35H,16,19-20H2,1H3,(H,31,32)/t26-,30+/m0/s1. The van der Waals surface area contributed by atoms with Crippen LogP contribution >= 0.6 is 0 Å². The molecular formula is C30H30N2O3. The molecule has 0 unspecified atom stereocenters. The fraction of sp³-hybridized carbons (Fsp3) is 0.200. The van der Waals surface area contributed by atoms with Crippen LogP contribution in [0.1, 0.15) is 45.1 Å². The van der Waals surface area contributed by atoms with Crippen molar-refractivity contribution < 1.29 is 15.0 Å². The van der Waals surface area contributed by atoms with Gasteiger partial charge in [-0.3, -0.25) is 4.79 Å². The van der Waals surface area contributed by atoms with E-state index in [0.29, 0.717) is 16.9 Å². The molecule has 1 heterocycles. The number of carbonyl (C=O) groups is 1. The Morgan fingerprint density at radius 2 is 1.69 bits per heavy atom. The minimum atomic E-state index is -0.910. The molecule has 35 heavy (non-hydrogen) atoms. The molecule has 2 atom stereocenters. The average molecular weight is 467 g/mol. The molecule has 0 bridgehead atoms. The first-order chi connectivity index (χ1) is 17.0. The molecule has 0 radical (unpaired) electrons. The molecule has 5 nitrogen and oxygen atoms in total. The predicted octanol–water partition coefficient (Wildman–Crippen LogP) is 5.64. The Morgan fingerprint density at radius 1 is 0.914 bits per heavy atom. The van der Waals surface area contributed by atoms with Gasteiger partial charge in [-0.25, -0.2) is 4.98 Å². The summed E-state index contributed by atoms with van der Waals surface area (Å²) in [6.45, 7) is 1.81. The number of rotatable bonds is 10. The number of carbonyl (C=O) groups excluding carboxylic acids is 1. The molecule has 4 rings (SSSR count). The molecule has 1 aromatic heterocycles. The fourth-order valence-electron chi connectivity index (χ4n) is 4.18. The molecule has 0 saturated heterocycles. The quantitative estimate of drug-likeness (QED) is 0.264. The Morgan fingerprint density at radius 3 is 2.46 bits per heavy atom. The highest BCUT2D eigenvalue weighted by atomic mass is 16.3. The van der Waals surface area contributed by atoms with Crippen LogP contribution in [0.2, 0.25) is 0 Å². The Balaban J connectivity index is 1.44. The van der Waals surface area contributed by atoms with Crippen molar-refractivity contribution in [3.8, 4) is 0 Å². The SMILES string of the molecule is Cc1cccc(Cc2ccnc(Nc3cccc(C(=O)C[C@@H](CO)[C@H](O)c4ccccc4)c3)c2)c1. The van der Waals surface area contributed by atoms with E-state index in [1.807, 2.05) is 42.5 Å². The van der Waals surface area contributed by atoms with Crippen LogP contribution in [-0.4, -0.2) is 27.6 Å². The Bertz CT molecular complexity index is 1270. The van der Waals surface area contributed by atoms with E-state index in [9.17, 15) is 15.0 Å². The van der Waals surface area contributed by atoms with Gasteiger partial charge in [0.05, 0.1) is 6.10 Å². The zero-order valence-electron chi connectivity index (χ0n) is 19.8. The van der Waals surface area contributed by atoms with Gasteiger partial charge in [0.1, 0.15) is 5.82 Å². The second-order valence-electron chi connectivity index (χ2n) is 8.85. The smallest absolute Gasteiger partial charge is 0.163 e. The second kappa shape index (κ2) is 11.6. The van der Waals surface area contributed by atoms with Crippen LogP contribution in [0.3, 0.4) is 0 Å².